The molecule has 1 aliphatic heterocycles. The van der Waals surface area contributed by atoms with Crippen molar-refractivity contribution in [3.05, 3.63) is 35.1 Å². The largest absolute Gasteiger partial charge is 0.490 e. The van der Waals surface area contributed by atoms with E-state index < -0.39 is 0 Å². The van der Waals surface area contributed by atoms with Crippen molar-refractivity contribution in [3.63, 3.8) is 0 Å². The summed E-state index contributed by atoms with van der Waals surface area (Å²) in [7, 11) is 3.08. The predicted octanol–water partition coefficient (Wildman–Crippen LogP) is 1.57. The molecular formula is C20H25ClN10O2. The summed E-state index contributed by atoms with van der Waals surface area (Å²) in [6, 6.07) is 5.13. The van der Waals surface area contributed by atoms with Crippen LogP contribution in [0.3, 0.4) is 0 Å². The number of nitrogen functional groups attached to an aromatic ring is 1. The molecule has 1 saturated heterocycles. The molecule has 3 heterocycles. The Labute approximate surface area is 195 Å². The minimum Gasteiger partial charge on any atom is -0.490 e. The number of benzene rings is 1. The van der Waals surface area contributed by atoms with Gasteiger partial charge in [0, 0.05) is 25.3 Å². The highest BCUT2D eigenvalue weighted by atomic mass is 35.5. The van der Waals surface area contributed by atoms with E-state index in [1.54, 1.807) is 25.2 Å². The summed E-state index contributed by atoms with van der Waals surface area (Å²) in [5.74, 6) is 1.37. The number of nitrogens with one attached hydrogen (secondary N) is 4. The lowest BCUT2D eigenvalue weighted by atomic mass is 10.1. The van der Waals surface area contributed by atoms with Crippen LogP contribution in [0, 0.1) is 0 Å². The monoisotopic (exact) mass is 472 g/mol. The van der Waals surface area contributed by atoms with Gasteiger partial charge in [-0.05, 0) is 37.6 Å². The Balaban J connectivity index is 1.59. The third-order valence-electron chi connectivity index (χ3n) is 5.16. The molecule has 2 aromatic heterocycles. The number of ether oxygens (including phenoxy) is 1. The number of carbonyl (C=O) groups excluding carboxylic acids is 1. The molecule has 13 heteroatoms. The highest BCUT2D eigenvalue weighted by Crippen LogP contribution is 2.30. The maximum absolute atomic E-state index is 11.8. The van der Waals surface area contributed by atoms with Crippen molar-refractivity contribution in [2.75, 3.05) is 43.6 Å². The van der Waals surface area contributed by atoms with Crippen LogP contribution in [0.2, 0.25) is 5.02 Å². The standard InChI is InChI=1S/C20H25ClN10O2/c1-23-18(32)13-6-5-11(8-14(13)21)28-20-29-19(22)31(30-20)17-15(33-2)16(25-10-26-17)27-12-4-3-7-24-9-12/h5-6,8,10,12,24H,3-4,7,9H2,1-2H3,(H,23,32)(H,25,26,27)(H3,22,28,29,30)/t12-/m1/s1. The number of piperidine rings is 1. The van der Waals surface area contributed by atoms with Crippen LogP contribution in [0.15, 0.2) is 24.5 Å². The van der Waals surface area contributed by atoms with Crippen molar-refractivity contribution in [2.24, 2.45) is 0 Å². The van der Waals surface area contributed by atoms with Gasteiger partial charge in [-0.15, -0.1) is 5.10 Å². The molecule has 0 saturated carbocycles. The minimum absolute atomic E-state index is 0.105. The van der Waals surface area contributed by atoms with Crippen LogP contribution in [0.1, 0.15) is 23.2 Å². The van der Waals surface area contributed by atoms with E-state index in [0.29, 0.717) is 28.6 Å². The smallest absolute Gasteiger partial charge is 0.252 e. The fraction of sp³-hybridized carbons (Fsp3) is 0.350. The molecule has 174 valence electrons. The number of anilines is 4. The highest BCUT2D eigenvalue weighted by molar-refractivity contribution is 6.34. The number of halogens is 1. The Hall–Kier alpha value is -3.64. The van der Waals surface area contributed by atoms with E-state index in [1.807, 2.05) is 0 Å². The number of amides is 1. The van der Waals surface area contributed by atoms with Crippen LogP contribution >= 0.6 is 11.6 Å². The van der Waals surface area contributed by atoms with Gasteiger partial charge in [-0.2, -0.15) is 9.67 Å². The van der Waals surface area contributed by atoms with Gasteiger partial charge in [0.25, 0.3) is 5.91 Å². The number of methoxy groups -OCH3 is 1. The third-order valence-corrected chi connectivity index (χ3v) is 5.47. The lowest BCUT2D eigenvalue weighted by Gasteiger charge is -2.25. The van der Waals surface area contributed by atoms with Crippen molar-refractivity contribution in [2.45, 2.75) is 18.9 Å². The van der Waals surface area contributed by atoms with E-state index in [4.69, 9.17) is 22.1 Å². The number of aromatic nitrogens is 5. The zero-order valence-electron chi connectivity index (χ0n) is 18.2. The summed E-state index contributed by atoms with van der Waals surface area (Å²) in [5.41, 5.74) is 7.07. The summed E-state index contributed by atoms with van der Waals surface area (Å²) in [6.07, 6.45) is 3.52. The van der Waals surface area contributed by atoms with Crippen molar-refractivity contribution in [3.8, 4) is 11.6 Å². The second kappa shape index (κ2) is 9.88. The van der Waals surface area contributed by atoms with Crippen LogP contribution in [-0.4, -0.2) is 63.9 Å². The SMILES string of the molecule is CNC(=O)c1ccc(Nc2nc(N)n(-c3ncnc(N[C@@H]4CCCNC4)c3OC)n2)cc1Cl. The number of rotatable bonds is 7. The second-order valence-electron chi connectivity index (χ2n) is 7.37. The number of nitrogens with two attached hydrogens (primary N) is 1. The molecule has 1 aromatic carbocycles. The first-order valence-corrected chi connectivity index (χ1v) is 10.8. The summed E-state index contributed by atoms with van der Waals surface area (Å²) < 4.78 is 6.96. The molecule has 0 spiro atoms. The Bertz CT molecular complexity index is 1150. The third kappa shape index (κ3) is 4.91. The van der Waals surface area contributed by atoms with Gasteiger partial charge >= 0.3 is 0 Å². The Morgan fingerprint density at radius 1 is 1.36 bits per heavy atom. The van der Waals surface area contributed by atoms with E-state index in [1.165, 1.54) is 18.1 Å². The number of hydrogen-bond acceptors (Lipinski definition) is 10. The molecule has 0 unspecified atom stereocenters. The molecular weight excluding hydrogens is 448 g/mol. The molecule has 1 fully saturated rings. The highest BCUT2D eigenvalue weighted by Gasteiger charge is 2.21. The molecule has 0 radical (unpaired) electrons. The number of nitrogens with zero attached hydrogens (tertiary/aromatic N) is 5. The quantitative estimate of drug-likeness (QED) is 0.342. The molecule has 1 aliphatic rings. The summed E-state index contributed by atoms with van der Waals surface area (Å²) in [6.45, 7) is 1.85. The topological polar surface area (TPSA) is 157 Å². The van der Waals surface area contributed by atoms with E-state index >= 15 is 0 Å². The van der Waals surface area contributed by atoms with Gasteiger partial charge in [0.1, 0.15) is 6.33 Å². The van der Waals surface area contributed by atoms with Crippen LogP contribution < -0.4 is 31.7 Å². The fourth-order valence-corrected chi connectivity index (χ4v) is 3.81. The van der Waals surface area contributed by atoms with Gasteiger partial charge in [0.2, 0.25) is 23.5 Å². The first kappa shape index (κ1) is 22.6. The average molecular weight is 473 g/mol. The van der Waals surface area contributed by atoms with Crippen LogP contribution in [-0.2, 0) is 0 Å². The fourth-order valence-electron chi connectivity index (χ4n) is 3.55. The van der Waals surface area contributed by atoms with Gasteiger partial charge < -0.3 is 31.7 Å². The zero-order chi connectivity index (χ0) is 23.4. The Kier molecular flexibility index (Phi) is 6.75. The summed E-state index contributed by atoms with van der Waals surface area (Å²) in [4.78, 5) is 24.7. The molecule has 4 rings (SSSR count). The minimum atomic E-state index is -0.275. The maximum atomic E-state index is 11.8. The van der Waals surface area contributed by atoms with E-state index in [2.05, 4.69) is 41.3 Å². The summed E-state index contributed by atoms with van der Waals surface area (Å²) in [5, 5.41) is 17.0. The molecule has 12 nitrogen and oxygen atoms in total. The number of hydrogen-bond donors (Lipinski definition) is 5. The van der Waals surface area contributed by atoms with Gasteiger partial charge in [-0.25, -0.2) is 9.97 Å². The Morgan fingerprint density at radius 3 is 2.91 bits per heavy atom. The summed E-state index contributed by atoms with van der Waals surface area (Å²) >= 11 is 6.22. The van der Waals surface area contributed by atoms with E-state index in [9.17, 15) is 4.79 Å². The first-order chi connectivity index (χ1) is 16.0. The van der Waals surface area contributed by atoms with Gasteiger partial charge in [-0.1, -0.05) is 11.6 Å². The first-order valence-electron chi connectivity index (χ1n) is 10.4. The zero-order valence-corrected chi connectivity index (χ0v) is 19.0. The molecule has 33 heavy (non-hydrogen) atoms. The van der Waals surface area contributed by atoms with E-state index in [-0.39, 0.29) is 28.9 Å². The molecule has 1 atom stereocenters. The van der Waals surface area contributed by atoms with Crippen molar-refractivity contribution in [1.82, 2.24) is 35.4 Å². The maximum Gasteiger partial charge on any atom is 0.252 e. The average Bonchev–Trinajstić information content (AvgIpc) is 3.18. The van der Waals surface area contributed by atoms with Gasteiger partial charge in [0.15, 0.2) is 5.82 Å². The van der Waals surface area contributed by atoms with Crippen LogP contribution in [0.5, 0.6) is 5.75 Å². The van der Waals surface area contributed by atoms with E-state index in [0.717, 1.165) is 25.9 Å². The second-order valence-corrected chi connectivity index (χ2v) is 7.78. The molecule has 0 aliphatic carbocycles. The van der Waals surface area contributed by atoms with Crippen LogP contribution in [0.4, 0.5) is 23.4 Å². The lowest BCUT2D eigenvalue weighted by Crippen LogP contribution is -2.38. The Morgan fingerprint density at radius 2 is 2.21 bits per heavy atom. The van der Waals surface area contributed by atoms with Crippen molar-refractivity contribution >= 4 is 40.9 Å². The molecule has 1 amide bonds. The molecule has 3 aromatic rings. The lowest BCUT2D eigenvalue weighted by molar-refractivity contribution is 0.0963. The normalized spacial score (nSPS) is 15.7. The molecule has 0 bridgehead atoms. The van der Waals surface area contributed by atoms with Gasteiger partial charge in [-0.3, -0.25) is 4.79 Å². The van der Waals surface area contributed by atoms with Crippen LogP contribution in [0.25, 0.3) is 5.82 Å². The predicted molar refractivity (Wildman–Crippen MR) is 126 cm³/mol. The van der Waals surface area contributed by atoms with Gasteiger partial charge in [0.05, 0.1) is 17.7 Å². The van der Waals surface area contributed by atoms with Crippen molar-refractivity contribution in [1.29, 1.82) is 0 Å². The van der Waals surface area contributed by atoms with Crippen molar-refractivity contribution < 1.29 is 9.53 Å². The number of carbonyl (C=O) groups is 1. The molecule has 6 N–H and O–H groups in total.